The van der Waals surface area contributed by atoms with Gasteiger partial charge in [-0.1, -0.05) is 20.8 Å². The van der Waals surface area contributed by atoms with Gasteiger partial charge in [-0.15, -0.1) is 0 Å². The Hall–Kier alpha value is -0.820. The zero-order valence-corrected chi connectivity index (χ0v) is 15.7. The van der Waals surface area contributed by atoms with Gasteiger partial charge in [-0.3, -0.25) is 0 Å². The normalized spacial score (nSPS) is 31.4. The SMILES string of the molecule is C[C@H]1CN(C(=O)NC[C@@H]2N(C)CCCC2(C)C)CCS(=O)(=O)C1. The van der Waals surface area contributed by atoms with Gasteiger partial charge in [0.1, 0.15) is 0 Å². The van der Waals surface area contributed by atoms with E-state index in [2.05, 4.69) is 31.1 Å². The first-order valence-corrected chi connectivity index (χ1v) is 10.4. The van der Waals surface area contributed by atoms with Crippen molar-refractivity contribution in [1.29, 1.82) is 0 Å². The summed E-state index contributed by atoms with van der Waals surface area (Å²) < 4.78 is 23.6. The molecule has 0 aromatic rings. The van der Waals surface area contributed by atoms with E-state index in [1.165, 1.54) is 6.42 Å². The minimum Gasteiger partial charge on any atom is -0.336 e. The molecule has 2 aliphatic rings. The van der Waals surface area contributed by atoms with Crippen molar-refractivity contribution in [1.82, 2.24) is 15.1 Å². The second-order valence-corrected chi connectivity index (χ2v) is 10.2. The van der Waals surface area contributed by atoms with E-state index in [0.717, 1.165) is 13.0 Å². The number of amides is 2. The van der Waals surface area contributed by atoms with Gasteiger partial charge in [-0.25, -0.2) is 13.2 Å². The third kappa shape index (κ3) is 4.83. The summed E-state index contributed by atoms with van der Waals surface area (Å²) in [4.78, 5) is 16.4. The lowest BCUT2D eigenvalue weighted by Crippen LogP contribution is -2.55. The maximum absolute atomic E-state index is 12.5. The van der Waals surface area contributed by atoms with E-state index in [1.807, 2.05) is 6.92 Å². The lowest BCUT2D eigenvalue weighted by atomic mass is 9.76. The van der Waals surface area contributed by atoms with Crippen LogP contribution >= 0.6 is 0 Å². The van der Waals surface area contributed by atoms with Crippen LogP contribution in [0, 0.1) is 11.3 Å². The van der Waals surface area contributed by atoms with E-state index < -0.39 is 9.84 Å². The molecule has 0 saturated carbocycles. The van der Waals surface area contributed by atoms with Crippen LogP contribution in [0.15, 0.2) is 0 Å². The van der Waals surface area contributed by atoms with Crippen LogP contribution < -0.4 is 5.32 Å². The van der Waals surface area contributed by atoms with Crippen LogP contribution in [0.3, 0.4) is 0 Å². The Balaban J connectivity index is 1.93. The summed E-state index contributed by atoms with van der Waals surface area (Å²) in [7, 11) is -0.918. The number of hydrogen-bond donors (Lipinski definition) is 1. The number of urea groups is 1. The third-order valence-corrected chi connectivity index (χ3v) is 7.12. The Morgan fingerprint density at radius 3 is 2.65 bits per heavy atom. The summed E-state index contributed by atoms with van der Waals surface area (Å²) in [6, 6.07) is 0.178. The summed E-state index contributed by atoms with van der Waals surface area (Å²) in [5, 5.41) is 3.03. The van der Waals surface area contributed by atoms with E-state index >= 15 is 0 Å². The number of carbonyl (C=O) groups is 1. The molecule has 0 spiro atoms. The molecule has 2 saturated heterocycles. The minimum absolute atomic E-state index is 0.0120. The van der Waals surface area contributed by atoms with Crippen LogP contribution in [0.4, 0.5) is 4.79 Å². The summed E-state index contributed by atoms with van der Waals surface area (Å²) in [5.74, 6) is 0.233. The summed E-state index contributed by atoms with van der Waals surface area (Å²) >= 11 is 0. The molecule has 1 N–H and O–H groups in total. The predicted molar refractivity (Wildman–Crippen MR) is 92.2 cm³/mol. The summed E-state index contributed by atoms with van der Waals surface area (Å²) in [5.41, 5.74) is 0.176. The standard InChI is InChI=1S/C16H31N3O3S/c1-13-11-19(8-9-23(21,22)12-13)15(20)17-10-14-16(2,3)6-5-7-18(14)4/h13-14H,5-12H2,1-4H3,(H,17,20)/t13-,14-/m0/s1. The largest absolute Gasteiger partial charge is 0.336 e. The molecule has 2 aliphatic heterocycles. The highest BCUT2D eigenvalue weighted by molar-refractivity contribution is 7.91. The van der Waals surface area contributed by atoms with E-state index in [9.17, 15) is 13.2 Å². The zero-order valence-electron chi connectivity index (χ0n) is 14.8. The molecule has 0 bridgehead atoms. The van der Waals surface area contributed by atoms with Crippen molar-refractivity contribution in [2.45, 2.75) is 39.7 Å². The average molecular weight is 346 g/mol. The zero-order chi connectivity index (χ0) is 17.3. The van der Waals surface area contributed by atoms with Crippen molar-refractivity contribution in [3.8, 4) is 0 Å². The number of nitrogens with zero attached hydrogens (tertiary/aromatic N) is 2. The molecule has 0 unspecified atom stereocenters. The Bertz CT molecular complexity index is 533. The maximum Gasteiger partial charge on any atom is 0.317 e. The van der Waals surface area contributed by atoms with Crippen molar-refractivity contribution in [3.63, 3.8) is 0 Å². The van der Waals surface area contributed by atoms with Gasteiger partial charge in [0.25, 0.3) is 0 Å². The topological polar surface area (TPSA) is 69.7 Å². The second-order valence-electron chi connectivity index (χ2n) is 7.94. The van der Waals surface area contributed by atoms with Gasteiger partial charge >= 0.3 is 6.03 Å². The van der Waals surface area contributed by atoms with Crippen LogP contribution in [-0.2, 0) is 9.84 Å². The molecule has 7 heteroatoms. The highest BCUT2D eigenvalue weighted by Gasteiger charge is 2.36. The Kier molecular flexibility index (Phi) is 5.61. The molecule has 2 rings (SSSR count). The lowest BCUT2D eigenvalue weighted by molar-refractivity contribution is 0.0587. The van der Waals surface area contributed by atoms with E-state index in [1.54, 1.807) is 4.90 Å². The molecule has 134 valence electrons. The van der Waals surface area contributed by atoms with Gasteiger partial charge in [0, 0.05) is 25.7 Å². The number of likely N-dealkylation sites (tertiary alicyclic amines) is 1. The molecule has 0 aromatic heterocycles. The molecule has 2 atom stereocenters. The van der Waals surface area contributed by atoms with Crippen LogP contribution in [0.5, 0.6) is 0 Å². The molecule has 0 radical (unpaired) electrons. The number of carbonyl (C=O) groups excluding carboxylic acids is 1. The van der Waals surface area contributed by atoms with Gasteiger partial charge in [0.2, 0.25) is 0 Å². The van der Waals surface area contributed by atoms with Crippen LogP contribution in [0.2, 0.25) is 0 Å². The van der Waals surface area contributed by atoms with Crippen molar-refractivity contribution in [2.75, 3.05) is 44.7 Å². The van der Waals surface area contributed by atoms with E-state index in [0.29, 0.717) is 25.7 Å². The van der Waals surface area contributed by atoms with Gasteiger partial charge in [-0.05, 0) is 37.8 Å². The first kappa shape index (κ1) is 18.5. The van der Waals surface area contributed by atoms with Crippen LogP contribution in [-0.4, -0.2) is 75.0 Å². The average Bonchev–Trinajstić information content (AvgIpc) is 2.54. The number of likely N-dealkylation sites (N-methyl/N-ethyl adjacent to an activating group) is 1. The van der Waals surface area contributed by atoms with Gasteiger partial charge in [0.05, 0.1) is 11.5 Å². The Morgan fingerprint density at radius 2 is 2.00 bits per heavy atom. The fourth-order valence-electron chi connectivity index (χ4n) is 3.90. The van der Waals surface area contributed by atoms with Crippen molar-refractivity contribution >= 4 is 15.9 Å². The number of nitrogens with one attached hydrogen (secondary N) is 1. The van der Waals surface area contributed by atoms with Gasteiger partial charge in [-0.2, -0.15) is 0 Å². The van der Waals surface area contributed by atoms with Gasteiger partial charge < -0.3 is 15.1 Å². The number of piperidine rings is 1. The molecule has 2 heterocycles. The molecule has 0 aliphatic carbocycles. The second kappa shape index (κ2) is 6.97. The molecule has 6 nitrogen and oxygen atoms in total. The number of sulfone groups is 1. The number of rotatable bonds is 2. The fraction of sp³-hybridized carbons (Fsp3) is 0.938. The molecule has 0 aromatic carbocycles. The van der Waals surface area contributed by atoms with Crippen molar-refractivity contribution < 1.29 is 13.2 Å². The maximum atomic E-state index is 12.5. The quantitative estimate of drug-likeness (QED) is 0.816. The summed E-state index contributed by atoms with van der Waals surface area (Å²) in [6.07, 6.45) is 2.35. The molecular formula is C16H31N3O3S. The van der Waals surface area contributed by atoms with E-state index in [4.69, 9.17) is 0 Å². The highest BCUT2D eigenvalue weighted by Crippen LogP contribution is 2.33. The molecule has 2 fully saturated rings. The van der Waals surface area contributed by atoms with Crippen molar-refractivity contribution in [2.24, 2.45) is 11.3 Å². The van der Waals surface area contributed by atoms with E-state index in [-0.39, 0.29) is 28.9 Å². The van der Waals surface area contributed by atoms with Gasteiger partial charge in [0.15, 0.2) is 9.84 Å². The van der Waals surface area contributed by atoms with Crippen molar-refractivity contribution in [3.05, 3.63) is 0 Å². The molecular weight excluding hydrogens is 314 g/mol. The third-order valence-electron chi connectivity index (χ3n) is 5.24. The van der Waals surface area contributed by atoms with Crippen LogP contribution in [0.1, 0.15) is 33.6 Å². The van der Waals surface area contributed by atoms with Crippen LogP contribution in [0.25, 0.3) is 0 Å². The highest BCUT2D eigenvalue weighted by atomic mass is 32.2. The smallest absolute Gasteiger partial charge is 0.317 e. The first-order valence-electron chi connectivity index (χ1n) is 8.54. The summed E-state index contributed by atoms with van der Waals surface area (Å²) in [6.45, 7) is 8.86. The first-order chi connectivity index (χ1) is 10.6. The molecule has 23 heavy (non-hydrogen) atoms. The minimum atomic E-state index is -3.03. The Morgan fingerprint density at radius 1 is 1.30 bits per heavy atom. The lowest BCUT2D eigenvalue weighted by Gasteiger charge is -2.45. The fourth-order valence-corrected chi connectivity index (χ4v) is 5.54. The predicted octanol–water partition coefficient (Wildman–Crippen LogP) is 1.18. The molecule has 2 amide bonds. The number of hydrogen-bond acceptors (Lipinski definition) is 4. The Labute approximate surface area is 140 Å². The monoisotopic (exact) mass is 345 g/mol.